The minimum absolute atomic E-state index is 0.0195. The third-order valence-electron chi connectivity index (χ3n) is 1.62. The number of rotatable bonds is 5. The summed E-state index contributed by atoms with van der Waals surface area (Å²) in [6.45, 7) is 1.58. The standard InChI is InChI=1S/C9H14F3NO2/c1-3-4-13(6-9(10,11)12)8(15)5-7(2)14/h3-6H2,1-2H3. The molecule has 1 amide bonds. The Morgan fingerprint density at radius 3 is 2.13 bits per heavy atom. The largest absolute Gasteiger partial charge is 0.406 e. The van der Waals surface area contributed by atoms with Gasteiger partial charge in [0.1, 0.15) is 12.3 Å². The minimum Gasteiger partial charge on any atom is -0.333 e. The zero-order chi connectivity index (χ0) is 12.1. The molecule has 0 saturated heterocycles. The fourth-order valence-electron chi connectivity index (χ4n) is 1.10. The first-order valence-corrected chi connectivity index (χ1v) is 4.60. The summed E-state index contributed by atoms with van der Waals surface area (Å²) >= 11 is 0. The smallest absolute Gasteiger partial charge is 0.333 e. The van der Waals surface area contributed by atoms with Gasteiger partial charge in [0.25, 0.3) is 0 Å². The number of hydrogen-bond acceptors (Lipinski definition) is 2. The van der Waals surface area contributed by atoms with E-state index in [0.29, 0.717) is 11.3 Å². The first kappa shape index (κ1) is 13.9. The Morgan fingerprint density at radius 2 is 1.80 bits per heavy atom. The van der Waals surface area contributed by atoms with E-state index in [1.807, 2.05) is 0 Å². The first-order chi connectivity index (χ1) is 6.76. The van der Waals surface area contributed by atoms with Crippen molar-refractivity contribution in [2.45, 2.75) is 32.9 Å². The molecule has 0 bridgehead atoms. The van der Waals surface area contributed by atoms with Crippen molar-refractivity contribution < 1.29 is 22.8 Å². The van der Waals surface area contributed by atoms with Crippen LogP contribution < -0.4 is 0 Å². The van der Waals surface area contributed by atoms with E-state index in [2.05, 4.69) is 0 Å². The maximum Gasteiger partial charge on any atom is 0.406 e. The van der Waals surface area contributed by atoms with Gasteiger partial charge in [-0.15, -0.1) is 0 Å². The molecule has 0 N–H and O–H groups in total. The second kappa shape index (κ2) is 5.72. The van der Waals surface area contributed by atoms with Crippen LogP contribution in [0.25, 0.3) is 0 Å². The average Bonchev–Trinajstić information content (AvgIpc) is 1.99. The molecule has 0 aliphatic heterocycles. The first-order valence-electron chi connectivity index (χ1n) is 4.60. The van der Waals surface area contributed by atoms with Crippen molar-refractivity contribution in [3.8, 4) is 0 Å². The molecule has 0 aromatic rings. The van der Waals surface area contributed by atoms with Crippen LogP contribution >= 0.6 is 0 Å². The molecular formula is C9H14F3NO2. The molecule has 0 fully saturated rings. The Morgan fingerprint density at radius 1 is 1.27 bits per heavy atom. The topological polar surface area (TPSA) is 37.4 Å². The van der Waals surface area contributed by atoms with Crippen LogP contribution in [0.1, 0.15) is 26.7 Å². The van der Waals surface area contributed by atoms with Gasteiger partial charge >= 0.3 is 6.18 Å². The molecular weight excluding hydrogens is 211 g/mol. The lowest BCUT2D eigenvalue weighted by Crippen LogP contribution is -2.40. The summed E-state index contributed by atoms with van der Waals surface area (Å²) in [6.07, 6.45) is -4.45. The van der Waals surface area contributed by atoms with Crippen molar-refractivity contribution >= 4 is 11.7 Å². The number of hydrogen-bond donors (Lipinski definition) is 0. The van der Waals surface area contributed by atoms with Gasteiger partial charge in [-0.1, -0.05) is 6.92 Å². The van der Waals surface area contributed by atoms with Gasteiger partial charge in [0, 0.05) is 6.54 Å². The highest BCUT2D eigenvalue weighted by Gasteiger charge is 2.32. The summed E-state index contributed by atoms with van der Waals surface area (Å²) in [4.78, 5) is 22.5. The molecule has 0 unspecified atom stereocenters. The van der Waals surface area contributed by atoms with Gasteiger partial charge in [0.05, 0.1) is 6.42 Å². The number of nitrogens with zero attached hydrogens (tertiary/aromatic N) is 1. The summed E-state index contributed by atoms with van der Waals surface area (Å²) < 4.78 is 36.1. The molecule has 0 heterocycles. The van der Waals surface area contributed by atoms with Gasteiger partial charge in [-0.2, -0.15) is 13.2 Å². The summed E-state index contributed by atoms with van der Waals surface area (Å²) in [6, 6.07) is 0. The Labute approximate surface area is 86.2 Å². The number of amides is 1. The number of carbonyl (C=O) groups is 2. The van der Waals surface area contributed by atoms with Crippen LogP contribution in [0.2, 0.25) is 0 Å². The van der Waals surface area contributed by atoms with E-state index in [1.54, 1.807) is 6.92 Å². The van der Waals surface area contributed by atoms with Crippen molar-refractivity contribution in [1.82, 2.24) is 4.90 Å². The summed E-state index contributed by atoms with van der Waals surface area (Å²) in [7, 11) is 0. The summed E-state index contributed by atoms with van der Waals surface area (Å²) in [5.74, 6) is -1.19. The maximum absolute atomic E-state index is 12.0. The molecule has 88 valence electrons. The second-order valence-corrected chi connectivity index (χ2v) is 3.31. The Balaban J connectivity index is 4.38. The van der Waals surface area contributed by atoms with Crippen LogP contribution in [0.15, 0.2) is 0 Å². The van der Waals surface area contributed by atoms with Crippen molar-refractivity contribution in [1.29, 1.82) is 0 Å². The molecule has 0 spiro atoms. The number of halogens is 3. The fraction of sp³-hybridized carbons (Fsp3) is 0.778. The van der Waals surface area contributed by atoms with E-state index in [0.717, 1.165) is 0 Å². The van der Waals surface area contributed by atoms with Gasteiger partial charge < -0.3 is 4.90 Å². The number of carbonyl (C=O) groups excluding carboxylic acids is 2. The van der Waals surface area contributed by atoms with Crippen molar-refractivity contribution in [2.75, 3.05) is 13.1 Å². The van der Waals surface area contributed by atoms with E-state index in [1.165, 1.54) is 6.92 Å². The lowest BCUT2D eigenvalue weighted by atomic mass is 10.2. The Hall–Kier alpha value is -1.07. The molecule has 15 heavy (non-hydrogen) atoms. The van der Waals surface area contributed by atoms with Gasteiger partial charge in [0.2, 0.25) is 5.91 Å². The third kappa shape index (κ3) is 6.93. The zero-order valence-corrected chi connectivity index (χ0v) is 8.73. The zero-order valence-electron chi connectivity index (χ0n) is 8.73. The summed E-state index contributed by atoms with van der Waals surface area (Å²) in [5, 5.41) is 0. The van der Waals surface area contributed by atoms with Crippen molar-refractivity contribution in [3.63, 3.8) is 0 Å². The van der Waals surface area contributed by atoms with Crippen LogP contribution in [0.3, 0.4) is 0 Å². The highest BCUT2D eigenvalue weighted by Crippen LogP contribution is 2.17. The van der Waals surface area contributed by atoms with Crippen molar-refractivity contribution in [3.05, 3.63) is 0 Å². The SMILES string of the molecule is CCCN(CC(F)(F)F)C(=O)CC(C)=O. The van der Waals surface area contributed by atoms with Crippen LogP contribution in [-0.2, 0) is 9.59 Å². The van der Waals surface area contributed by atoms with E-state index >= 15 is 0 Å². The quantitative estimate of drug-likeness (QED) is 0.668. The molecule has 0 aliphatic rings. The second-order valence-electron chi connectivity index (χ2n) is 3.31. The molecule has 0 radical (unpaired) electrons. The minimum atomic E-state index is -4.42. The Kier molecular flexibility index (Phi) is 5.32. The van der Waals surface area contributed by atoms with Crippen LogP contribution in [0, 0.1) is 0 Å². The fourth-order valence-corrected chi connectivity index (χ4v) is 1.10. The lowest BCUT2D eigenvalue weighted by Gasteiger charge is -2.22. The molecule has 0 aliphatic carbocycles. The van der Waals surface area contributed by atoms with E-state index < -0.39 is 30.8 Å². The van der Waals surface area contributed by atoms with Gasteiger partial charge in [-0.05, 0) is 13.3 Å². The molecule has 0 aromatic carbocycles. The Bertz CT molecular complexity index is 238. The number of alkyl halides is 3. The van der Waals surface area contributed by atoms with Crippen molar-refractivity contribution in [2.24, 2.45) is 0 Å². The molecule has 0 saturated carbocycles. The van der Waals surface area contributed by atoms with Crippen LogP contribution in [0.4, 0.5) is 13.2 Å². The third-order valence-corrected chi connectivity index (χ3v) is 1.62. The normalized spacial score (nSPS) is 11.3. The lowest BCUT2D eigenvalue weighted by molar-refractivity contribution is -0.161. The number of ketones is 1. The average molecular weight is 225 g/mol. The van der Waals surface area contributed by atoms with Gasteiger partial charge in [-0.3, -0.25) is 9.59 Å². The number of Topliss-reactive ketones (excluding diaryl/α,β-unsaturated/α-hetero) is 1. The molecule has 0 aromatic heterocycles. The molecule has 0 atom stereocenters. The van der Waals surface area contributed by atoms with Gasteiger partial charge in [0.15, 0.2) is 0 Å². The van der Waals surface area contributed by atoms with Crippen LogP contribution in [0.5, 0.6) is 0 Å². The predicted octanol–water partition coefficient (Wildman–Crippen LogP) is 1.77. The highest BCUT2D eigenvalue weighted by atomic mass is 19.4. The van der Waals surface area contributed by atoms with Crippen LogP contribution in [-0.4, -0.2) is 35.9 Å². The molecule has 3 nitrogen and oxygen atoms in total. The van der Waals surface area contributed by atoms with Gasteiger partial charge in [-0.25, -0.2) is 0 Å². The molecule has 6 heteroatoms. The highest BCUT2D eigenvalue weighted by molar-refractivity contribution is 5.96. The molecule has 0 rings (SSSR count). The monoisotopic (exact) mass is 225 g/mol. The maximum atomic E-state index is 12.0. The predicted molar refractivity (Wildman–Crippen MR) is 48.2 cm³/mol. The van der Waals surface area contributed by atoms with E-state index in [4.69, 9.17) is 0 Å². The van der Waals surface area contributed by atoms with E-state index in [-0.39, 0.29) is 6.54 Å². The summed E-state index contributed by atoms with van der Waals surface area (Å²) in [5.41, 5.74) is 0. The van der Waals surface area contributed by atoms with E-state index in [9.17, 15) is 22.8 Å².